The number of unbranched alkanes of at least 4 members (excludes halogenated alkanes) is 2. The van der Waals surface area contributed by atoms with E-state index in [1.54, 1.807) is 0 Å². The molecule has 5 nitrogen and oxygen atoms in total. The van der Waals surface area contributed by atoms with Crippen LogP contribution in [0, 0.1) is 29.1 Å². The number of likely N-dealkylation sites (tertiary alicyclic amines) is 1. The van der Waals surface area contributed by atoms with Crippen LogP contribution in [-0.2, 0) is 11.2 Å². The van der Waals surface area contributed by atoms with Crippen molar-refractivity contribution in [3.8, 4) is 23.7 Å². The van der Waals surface area contributed by atoms with Crippen molar-refractivity contribution in [1.29, 1.82) is 0 Å². The number of fused-ring (bicyclic) bond motifs is 3. The van der Waals surface area contributed by atoms with Crippen molar-refractivity contribution in [2.45, 2.75) is 76.8 Å². The zero-order valence-corrected chi connectivity index (χ0v) is 18.1. The Morgan fingerprint density at radius 2 is 2.07 bits per heavy atom. The first kappa shape index (κ1) is 21.0. The number of nitrogens with zero attached hydrogens (tertiary/aromatic N) is 1. The van der Waals surface area contributed by atoms with Crippen LogP contribution < -0.4 is 5.32 Å². The average Bonchev–Trinajstić information content (AvgIpc) is 3.38. The van der Waals surface area contributed by atoms with Gasteiger partial charge in [-0.2, -0.15) is 0 Å². The van der Waals surface area contributed by atoms with Gasteiger partial charge in [-0.3, -0.25) is 4.79 Å². The van der Waals surface area contributed by atoms with Crippen LogP contribution in [0.1, 0.15) is 81.4 Å². The lowest BCUT2D eigenvalue weighted by atomic mass is 9.67. The van der Waals surface area contributed by atoms with Gasteiger partial charge in [-0.05, 0) is 51.2 Å². The summed E-state index contributed by atoms with van der Waals surface area (Å²) in [5.41, 5.74) is 0.694. The lowest BCUT2D eigenvalue weighted by Gasteiger charge is -2.43. The Hall–Kier alpha value is -2.21. The minimum Gasteiger partial charge on any atom is -0.464 e. The summed E-state index contributed by atoms with van der Waals surface area (Å²) in [5.74, 6) is 14.3. The fourth-order valence-electron chi connectivity index (χ4n) is 5.73. The largest absolute Gasteiger partial charge is 0.464 e. The van der Waals surface area contributed by atoms with Gasteiger partial charge in [0.2, 0.25) is 5.91 Å². The van der Waals surface area contributed by atoms with E-state index in [1.165, 1.54) is 5.56 Å². The lowest BCUT2D eigenvalue weighted by Crippen LogP contribution is -2.52. The van der Waals surface area contributed by atoms with Crippen molar-refractivity contribution >= 4 is 5.91 Å². The molecule has 0 radical (unpaired) electrons. The van der Waals surface area contributed by atoms with Crippen LogP contribution >= 0.6 is 0 Å². The van der Waals surface area contributed by atoms with Gasteiger partial charge < -0.3 is 19.7 Å². The standard InChI is InChI=1S/C25H32N2O3/c1-3-5-7-8-10-13-27-14-12-21-20-15-19(11-9-6-4-2)30-22(20)23-25(21,24(27)29)16-18(17-28)26-23/h15,18,21,23,26,28H,7-14,16-17H2,1-2H3/t18-,21-,23-,25-/m0/s1. The number of aliphatic hydroxyl groups is 1. The third-order valence-electron chi connectivity index (χ3n) is 7.03. The molecular formula is C25H32N2O3. The summed E-state index contributed by atoms with van der Waals surface area (Å²) in [6, 6.07) is 1.97. The highest BCUT2D eigenvalue weighted by molar-refractivity contribution is 5.88. The van der Waals surface area contributed by atoms with Crippen molar-refractivity contribution in [2.75, 3.05) is 19.7 Å². The lowest BCUT2D eigenvalue weighted by molar-refractivity contribution is -0.148. The van der Waals surface area contributed by atoms with Gasteiger partial charge in [-0.1, -0.05) is 0 Å². The number of furan rings is 1. The van der Waals surface area contributed by atoms with Gasteiger partial charge in [-0.15, -0.1) is 23.7 Å². The van der Waals surface area contributed by atoms with Gasteiger partial charge in [0, 0.05) is 44.3 Å². The van der Waals surface area contributed by atoms with E-state index in [-0.39, 0.29) is 30.5 Å². The second kappa shape index (κ2) is 8.88. The van der Waals surface area contributed by atoms with E-state index in [1.807, 2.05) is 18.7 Å². The Morgan fingerprint density at radius 1 is 1.27 bits per heavy atom. The molecule has 5 heteroatoms. The molecule has 160 valence electrons. The number of aliphatic hydroxyl groups excluding tert-OH is 1. The van der Waals surface area contributed by atoms with Crippen LogP contribution in [0.5, 0.6) is 0 Å². The molecule has 0 saturated carbocycles. The monoisotopic (exact) mass is 408 g/mol. The smallest absolute Gasteiger partial charge is 0.231 e. The molecule has 0 aromatic carbocycles. The van der Waals surface area contributed by atoms with E-state index in [2.05, 4.69) is 35.1 Å². The molecule has 1 amide bonds. The first-order valence-electron chi connectivity index (χ1n) is 11.2. The number of rotatable bonds is 7. The number of hydrogen-bond donors (Lipinski definition) is 2. The van der Waals surface area contributed by atoms with Crippen LogP contribution in [0.15, 0.2) is 10.5 Å². The molecule has 4 rings (SSSR count). The minimum absolute atomic E-state index is 0.0446. The first-order chi connectivity index (χ1) is 14.7. The highest BCUT2D eigenvalue weighted by Gasteiger charge is 2.66. The summed E-state index contributed by atoms with van der Waals surface area (Å²) in [7, 11) is 0. The molecule has 0 bridgehead atoms. The van der Waals surface area contributed by atoms with E-state index in [9.17, 15) is 9.90 Å². The van der Waals surface area contributed by atoms with E-state index >= 15 is 0 Å². The molecule has 2 saturated heterocycles. The summed E-state index contributed by atoms with van der Waals surface area (Å²) in [6.07, 6.45) is 6.10. The number of piperidine rings is 1. The highest BCUT2D eigenvalue weighted by atomic mass is 16.3. The Balaban J connectivity index is 1.55. The molecule has 4 atom stereocenters. The predicted molar refractivity (Wildman–Crippen MR) is 116 cm³/mol. The highest BCUT2D eigenvalue weighted by Crippen LogP contribution is 2.64. The Kier molecular flexibility index (Phi) is 6.23. The molecule has 2 fully saturated rings. The van der Waals surface area contributed by atoms with Crippen LogP contribution in [0.4, 0.5) is 0 Å². The van der Waals surface area contributed by atoms with E-state index < -0.39 is 5.41 Å². The van der Waals surface area contributed by atoms with E-state index in [0.717, 1.165) is 63.1 Å². The summed E-state index contributed by atoms with van der Waals surface area (Å²) < 4.78 is 6.28. The maximum atomic E-state index is 13.8. The quantitative estimate of drug-likeness (QED) is 0.537. The van der Waals surface area contributed by atoms with Crippen LogP contribution in [0.2, 0.25) is 0 Å². The predicted octanol–water partition coefficient (Wildman–Crippen LogP) is 3.14. The molecule has 1 spiro atoms. The SMILES string of the molecule is CC#CCCCCN1CC[C@H]2c3cc(CCC#CC)oc3[C@@H]3N[C@H](CO)C[C@]23C1=O. The van der Waals surface area contributed by atoms with E-state index in [4.69, 9.17) is 4.42 Å². The maximum Gasteiger partial charge on any atom is 0.231 e. The molecule has 1 aliphatic carbocycles. The molecule has 1 aromatic heterocycles. The molecule has 2 aliphatic heterocycles. The zero-order chi connectivity index (χ0) is 21.1. The number of nitrogens with one attached hydrogen (secondary N) is 1. The molecule has 30 heavy (non-hydrogen) atoms. The van der Waals surface area contributed by atoms with Gasteiger partial charge in [0.05, 0.1) is 18.1 Å². The number of amides is 1. The van der Waals surface area contributed by atoms with Crippen LogP contribution in [0.3, 0.4) is 0 Å². The van der Waals surface area contributed by atoms with Gasteiger partial charge >= 0.3 is 0 Å². The van der Waals surface area contributed by atoms with Crippen molar-refractivity contribution in [3.05, 3.63) is 23.2 Å². The minimum atomic E-state index is -0.509. The number of carbonyl (C=O) groups is 1. The number of aryl methyl sites for hydroxylation is 1. The molecule has 2 N–H and O–H groups in total. The third kappa shape index (κ3) is 3.45. The molecule has 1 aromatic rings. The van der Waals surface area contributed by atoms with Crippen LogP contribution in [0.25, 0.3) is 0 Å². The fourth-order valence-corrected chi connectivity index (χ4v) is 5.73. The normalized spacial score (nSPS) is 28.8. The zero-order valence-electron chi connectivity index (χ0n) is 18.1. The Morgan fingerprint density at radius 3 is 2.83 bits per heavy atom. The van der Waals surface area contributed by atoms with Crippen molar-refractivity contribution < 1.29 is 14.3 Å². The second-order valence-corrected chi connectivity index (χ2v) is 8.70. The van der Waals surface area contributed by atoms with Gasteiger partial charge in [-0.25, -0.2) is 0 Å². The summed E-state index contributed by atoms with van der Waals surface area (Å²) in [6.45, 7) is 5.34. The summed E-state index contributed by atoms with van der Waals surface area (Å²) in [5, 5.41) is 13.4. The Labute approximate surface area is 179 Å². The van der Waals surface area contributed by atoms with Gasteiger partial charge in [0.25, 0.3) is 0 Å². The van der Waals surface area contributed by atoms with Gasteiger partial charge in [0.15, 0.2) is 0 Å². The topological polar surface area (TPSA) is 65.7 Å². The summed E-state index contributed by atoms with van der Waals surface area (Å²) >= 11 is 0. The second-order valence-electron chi connectivity index (χ2n) is 8.70. The number of hydrogen-bond acceptors (Lipinski definition) is 4. The number of carbonyl (C=O) groups excluding carboxylic acids is 1. The third-order valence-corrected chi connectivity index (χ3v) is 7.03. The van der Waals surface area contributed by atoms with Crippen LogP contribution in [-0.4, -0.2) is 41.7 Å². The first-order valence-corrected chi connectivity index (χ1v) is 11.2. The van der Waals surface area contributed by atoms with E-state index in [0.29, 0.717) is 6.42 Å². The van der Waals surface area contributed by atoms with Gasteiger partial charge in [0.1, 0.15) is 11.5 Å². The van der Waals surface area contributed by atoms with Crippen molar-refractivity contribution in [1.82, 2.24) is 10.2 Å². The Bertz CT molecular complexity index is 912. The molecule has 3 aliphatic rings. The molecule has 3 heterocycles. The molecule has 0 unspecified atom stereocenters. The average molecular weight is 409 g/mol. The molecular weight excluding hydrogens is 376 g/mol. The maximum absolute atomic E-state index is 13.8. The summed E-state index contributed by atoms with van der Waals surface area (Å²) in [4.78, 5) is 15.8. The van der Waals surface area contributed by atoms with Crippen molar-refractivity contribution in [3.63, 3.8) is 0 Å². The van der Waals surface area contributed by atoms with Crippen molar-refractivity contribution in [2.24, 2.45) is 5.41 Å². The fraction of sp³-hybridized carbons (Fsp3) is 0.640.